The molecule has 2 unspecified atom stereocenters. The van der Waals surface area contributed by atoms with E-state index >= 15 is 4.39 Å². The van der Waals surface area contributed by atoms with E-state index in [-0.39, 0.29) is 5.92 Å². The lowest BCUT2D eigenvalue weighted by atomic mass is 9.84. The second-order valence-corrected chi connectivity index (χ2v) is 5.06. The number of hydrogen-bond acceptors (Lipinski definition) is 2. The van der Waals surface area contributed by atoms with E-state index in [0.717, 1.165) is 38.9 Å². The molecule has 2 rings (SSSR count). The van der Waals surface area contributed by atoms with Gasteiger partial charge in [0.25, 0.3) is 0 Å². The standard InChI is InChI=1S/C13H22FN3/c1-3-8-17-9-7-16-12(17)13(2,14)11-5-4-6-15-10-11/h7,9,11,15H,3-6,8,10H2,1-2H3. The van der Waals surface area contributed by atoms with Gasteiger partial charge in [0, 0.05) is 31.4 Å². The first-order chi connectivity index (χ1) is 8.16. The van der Waals surface area contributed by atoms with Gasteiger partial charge in [-0.2, -0.15) is 0 Å². The minimum absolute atomic E-state index is 0.0363. The molecule has 0 amide bonds. The van der Waals surface area contributed by atoms with E-state index in [4.69, 9.17) is 0 Å². The average Bonchev–Trinajstić information content (AvgIpc) is 2.80. The fourth-order valence-corrected chi connectivity index (χ4v) is 2.65. The molecule has 1 aliphatic rings. The predicted octanol–water partition coefficient (Wildman–Crippen LogP) is 2.48. The third-order valence-corrected chi connectivity index (χ3v) is 3.68. The van der Waals surface area contributed by atoms with Gasteiger partial charge in [-0.3, -0.25) is 0 Å². The van der Waals surface area contributed by atoms with Gasteiger partial charge in [-0.1, -0.05) is 6.92 Å². The Hall–Kier alpha value is -0.900. The third kappa shape index (κ3) is 2.51. The monoisotopic (exact) mass is 239 g/mol. The predicted molar refractivity (Wildman–Crippen MR) is 66.6 cm³/mol. The number of rotatable bonds is 4. The lowest BCUT2D eigenvalue weighted by Gasteiger charge is -2.33. The molecule has 0 saturated carbocycles. The Bertz CT molecular complexity index is 353. The van der Waals surface area contributed by atoms with Gasteiger partial charge < -0.3 is 9.88 Å². The first kappa shape index (κ1) is 12.6. The van der Waals surface area contributed by atoms with Crippen molar-refractivity contribution < 1.29 is 4.39 Å². The van der Waals surface area contributed by atoms with Crippen LogP contribution in [0.5, 0.6) is 0 Å². The molecule has 0 aliphatic carbocycles. The summed E-state index contributed by atoms with van der Waals surface area (Å²) in [4.78, 5) is 4.24. The molecule has 0 bridgehead atoms. The van der Waals surface area contributed by atoms with Gasteiger partial charge in [0.05, 0.1) is 0 Å². The first-order valence-corrected chi connectivity index (χ1v) is 6.57. The zero-order chi connectivity index (χ0) is 12.3. The molecule has 1 N–H and O–H groups in total. The van der Waals surface area contributed by atoms with Crippen LogP contribution in [0.4, 0.5) is 4.39 Å². The number of hydrogen-bond donors (Lipinski definition) is 1. The summed E-state index contributed by atoms with van der Waals surface area (Å²) in [7, 11) is 0. The lowest BCUT2D eigenvalue weighted by Crippen LogP contribution is -2.41. The highest BCUT2D eigenvalue weighted by atomic mass is 19.1. The van der Waals surface area contributed by atoms with Crippen LogP contribution in [0, 0.1) is 5.92 Å². The van der Waals surface area contributed by atoms with Crippen molar-refractivity contribution in [3.8, 4) is 0 Å². The molecule has 2 heterocycles. The normalized spacial score (nSPS) is 24.5. The van der Waals surface area contributed by atoms with Gasteiger partial charge >= 0.3 is 0 Å². The molecule has 2 atom stereocenters. The van der Waals surface area contributed by atoms with Crippen molar-refractivity contribution >= 4 is 0 Å². The summed E-state index contributed by atoms with van der Waals surface area (Å²) in [5.41, 5.74) is -1.33. The van der Waals surface area contributed by atoms with E-state index in [9.17, 15) is 0 Å². The van der Waals surface area contributed by atoms with Crippen molar-refractivity contribution in [3.05, 3.63) is 18.2 Å². The van der Waals surface area contributed by atoms with Crippen molar-refractivity contribution in [2.45, 2.75) is 45.3 Å². The Kier molecular flexibility index (Phi) is 3.82. The Morgan fingerprint density at radius 2 is 2.47 bits per heavy atom. The first-order valence-electron chi connectivity index (χ1n) is 6.57. The van der Waals surface area contributed by atoms with Gasteiger partial charge in [-0.05, 0) is 32.7 Å². The molecule has 0 aromatic carbocycles. The lowest BCUT2D eigenvalue weighted by molar-refractivity contribution is 0.0676. The second kappa shape index (κ2) is 5.17. The molecule has 1 aromatic heterocycles. The van der Waals surface area contributed by atoms with Crippen LogP contribution in [-0.2, 0) is 12.2 Å². The second-order valence-electron chi connectivity index (χ2n) is 5.06. The summed E-state index contributed by atoms with van der Waals surface area (Å²) in [5, 5.41) is 3.28. The molecule has 0 spiro atoms. The van der Waals surface area contributed by atoms with Crippen LogP contribution < -0.4 is 5.32 Å². The van der Waals surface area contributed by atoms with Crippen LogP contribution in [0.25, 0.3) is 0 Å². The maximum Gasteiger partial charge on any atom is 0.169 e. The number of nitrogens with zero attached hydrogens (tertiary/aromatic N) is 2. The summed E-state index contributed by atoms with van der Waals surface area (Å²) in [6.07, 6.45) is 6.59. The molecule has 4 heteroatoms. The van der Waals surface area contributed by atoms with E-state index in [1.165, 1.54) is 0 Å². The Morgan fingerprint density at radius 3 is 3.12 bits per heavy atom. The fourth-order valence-electron chi connectivity index (χ4n) is 2.65. The van der Waals surface area contributed by atoms with Crippen LogP contribution in [0.1, 0.15) is 38.9 Å². The molecule has 1 saturated heterocycles. The van der Waals surface area contributed by atoms with E-state index in [1.54, 1.807) is 13.1 Å². The van der Waals surface area contributed by atoms with Gasteiger partial charge in [-0.15, -0.1) is 0 Å². The van der Waals surface area contributed by atoms with E-state index < -0.39 is 5.67 Å². The van der Waals surface area contributed by atoms with Crippen LogP contribution in [-0.4, -0.2) is 22.6 Å². The molecule has 17 heavy (non-hydrogen) atoms. The van der Waals surface area contributed by atoms with Crippen LogP contribution in [0.2, 0.25) is 0 Å². The summed E-state index contributed by atoms with van der Waals surface area (Å²) in [6, 6.07) is 0. The molecule has 96 valence electrons. The van der Waals surface area contributed by atoms with Crippen molar-refractivity contribution in [2.24, 2.45) is 5.92 Å². The highest BCUT2D eigenvalue weighted by Gasteiger charge is 2.40. The molecular weight excluding hydrogens is 217 g/mol. The maximum atomic E-state index is 15.0. The number of alkyl halides is 1. The number of aromatic nitrogens is 2. The van der Waals surface area contributed by atoms with Crippen molar-refractivity contribution in [1.29, 1.82) is 0 Å². The number of halogens is 1. The maximum absolute atomic E-state index is 15.0. The minimum atomic E-state index is -1.33. The van der Waals surface area contributed by atoms with Crippen LogP contribution >= 0.6 is 0 Å². The minimum Gasteiger partial charge on any atom is -0.332 e. The van der Waals surface area contributed by atoms with E-state index in [1.807, 2.05) is 10.8 Å². The van der Waals surface area contributed by atoms with Crippen LogP contribution in [0.15, 0.2) is 12.4 Å². The number of aryl methyl sites for hydroxylation is 1. The topological polar surface area (TPSA) is 29.9 Å². The highest BCUT2D eigenvalue weighted by molar-refractivity contribution is 5.07. The molecule has 1 aromatic rings. The largest absolute Gasteiger partial charge is 0.332 e. The number of nitrogens with one attached hydrogen (secondary N) is 1. The van der Waals surface area contributed by atoms with Gasteiger partial charge in [-0.25, -0.2) is 9.37 Å². The molecule has 0 radical (unpaired) electrons. The van der Waals surface area contributed by atoms with Gasteiger partial charge in [0.2, 0.25) is 0 Å². The zero-order valence-electron chi connectivity index (χ0n) is 10.7. The Balaban J connectivity index is 2.20. The fraction of sp³-hybridized carbons (Fsp3) is 0.769. The Labute approximate surface area is 102 Å². The van der Waals surface area contributed by atoms with E-state index in [2.05, 4.69) is 17.2 Å². The molecule has 1 fully saturated rings. The quantitative estimate of drug-likeness (QED) is 0.874. The van der Waals surface area contributed by atoms with E-state index in [0.29, 0.717) is 5.82 Å². The smallest absolute Gasteiger partial charge is 0.169 e. The summed E-state index contributed by atoms with van der Waals surface area (Å²) < 4.78 is 17.0. The van der Waals surface area contributed by atoms with Crippen molar-refractivity contribution in [1.82, 2.24) is 14.9 Å². The van der Waals surface area contributed by atoms with Gasteiger partial charge in [0.15, 0.2) is 5.67 Å². The highest BCUT2D eigenvalue weighted by Crippen LogP contribution is 2.36. The molecule has 1 aliphatic heterocycles. The zero-order valence-corrected chi connectivity index (χ0v) is 10.7. The van der Waals surface area contributed by atoms with Crippen LogP contribution in [0.3, 0.4) is 0 Å². The SMILES string of the molecule is CCCn1ccnc1C(C)(F)C1CCCNC1. The number of piperidine rings is 1. The Morgan fingerprint density at radius 1 is 1.65 bits per heavy atom. The summed E-state index contributed by atoms with van der Waals surface area (Å²) in [5.74, 6) is 0.627. The third-order valence-electron chi connectivity index (χ3n) is 3.68. The van der Waals surface area contributed by atoms with Gasteiger partial charge in [0.1, 0.15) is 5.82 Å². The summed E-state index contributed by atoms with van der Waals surface area (Å²) >= 11 is 0. The molecular formula is C13H22FN3. The van der Waals surface area contributed by atoms with Crippen molar-refractivity contribution in [2.75, 3.05) is 13.1 Å². The average molecular weight is 239 g/mol. The van der Waals surface area contributed by atoms with Crippen molar-refractivity contribution in [3.63, 3.8) is 0 Å². The summed E-state index contributed by atoms with van der Waals surface area (Å²) in [6.45, 7) is 6.39. The number of imidazole rings is 1. The molecule has 3 nitrogen and oxygen atoms in total.